The number of carbonyl (C=O) groups is 2. The molecule has 8 heteroatoms. The van der Waals surface area contributed by atoms with Crippen molar-refractivity contribution in [3.8, 4) is 11.5 Å². The van der Waals surface area contributed by atoms with Crippen LogP contribution in [0.1, 0.15) is 11.1 Å². The van der Waals surface area contributed by atoms with Crippen LogP contribution in [0.25, 0.3) is 5.57 Å². The molecule has 0 atom stereocenters. The lowest BCUT2D eigenvalue weighted by Gasteiger charge is -2.16. The lowest BCUT2D eigenvalue weighted by Crippen LogP contribution is -2.32. The van der Waals surface area contributed by atoms with E-state index >= 15 is 0 Å². The molecule has 1 aliphatic heterocycles. The van der Waals surface area contributed by atoms with Gasteiger partial charge in [-0.05, 0) is 53.6 Å². The van der Waals surface area contributed by atoms with E-state index in [0.29, 0.717) is 27.8 Å². The Bertz CT molecular complexity index is 1190. The summed E-state index contributed by atoms with van der Waals surface area (Å²) in [5.74, 6) is 0.287. The maximum absolute atomic E-state index is 13.4. The van der Waals surface area contributed by atoms with Gasteiger partial charge in [0.05, 0.1) is 32.0 Å². The van der Waals surface area contributed by atoms with Gasteiger partial charge < -0.3 is 14.8 Å². The molecule has 162 valence electrons. The van der Waals surface area contributed by atoms with E-state index in [9.17, 15) is 9.59 Å². The number of methoxy groups -OCH3 is 2. The first-order valence-electron chi connectivity index (χ1n) is 9.76. The van der Waals surface area contributed by atoms with Crippen LogP contribution in [-0.2, 0) is 16.1 Å². The third-order valence-electron chi connectivity index (χ3n) is 5.06. The topological polar surface area (TPSA) is 80.8 Å². The number of carbonyl (C=O) groups excluding carboxylic acids is 2. The molecule has 3 aromatic rings. The first-order chi connectivity index (χ1) is 15.5. The van der Waals surface area contributed by atoms with Gasteiger partial charge in [0.15, 0.2) is 0 Å². The number of imide groups is 1. The molecule has 0 spiro atoms. The minimum Gasteiger partial charge on any atom is -0.497 e. The number of ether oxygens (including phenoxy) is 2. The Kier molecular flexibility index (Phi) is 6.09. The van der Waals surface area contributed by atoms with Crippen LogP contribution in [0, 0.1) is 0 Å². The lowest BCUT2D eigenvalue weighted by molar-refractivity contribution is -0.137. The normalized spacial score (nSPS) is 13.5. The molecule has 2 amide bonds. The molecule has 1 N–H and O–H groups in total. The van der Waals surface area contributed by atoms with Crippen LogP contribution < -0.4 is 14.8 Å². The summed E-state index contributed by atoms with van der Waals surface area (Å²) in [5.41, 5.74) is 2.26. The number of anilines is 1. The SMILES string of the molecule is COc1ccc(C2=C(Nc3cc(Cl)ccc3OC)C(=O)N(Cc3ccncc3)C2=O)cc1. The van der Waals surface area contributed by atoms with E-state index in [1.165, 1.54) is 12.0 Å². The van der Waals surface area contributed by atoms with Crippen LogP contribution in [0.15, 0.2) is 72.7 Å². The van der Waals surface area contributed by atoms with E-state index in [1.54, 1.807) is 74.1 Å². The average molecular weight is 450 g/mol. The van der Waals surface area contributed by atoms with Crippen molar-refractivity contribution in [3.63, 3.8) is 0 Å². The van der Waals surface area contributed by atoms with E-state index in [4.69, 9.17) is 21.1 Å². The summed E-state index contributed by atoms with van der Waals surface area (Å²) < 4.78 is 10.6. The third kappa shape index (κ3) is 4.15. The molecule has 0 unspecified atom stereocenters. The van der Waals surface area contributed by atoms with E-state index in [0.717, 1.165) is 5.56 Å². The second-order valence-corrected chi connectivity index (χ2v) is 7.44. The maximum Gasteiger partial charge on any atom is 0.278 e. The smallest absolute Gasteiger partial charge is 0.278 e. The molecule has 1 aromatic heterocycles. The zero-order valence-electron chi connectivity index (χ0n) is 17.5. The number of aromatic nitrogens is 1. The summed E-state index contributed by atoms with van der Waals surface area (Å²) >= 11 is 6.15. The summed E-state index contributed by atoms with van der Waals surface area (Å²) in [7, 11) is 3.08. The lowest BCUT2D eigenvalue weighted by atomic mass is 10.0. The van der Waals surface area contributed by atoms with Gasteiger partial charge in [0.2, 0.25) is 0 Å². The number of nitrogens with one attached hydrogen (secondary N) is 1. The number of pyridine rings is 1. The Morgan fingerprint density at radius 3 is 2.31 bits per heavy atom. The minimum absolute atomic E-state index is 0.123. The van der Waals surface area contributed by atoms with Gasteiger partial charge in [0.25, 0.3) is 11.8 Å². The highest BCUT2D eigenvalue weighted by Crippen LogP contribution is 2.35. The number of hydrogen-bond donors (Lipinski definition) is 1. The summed E-state index contributed by atoms with van der Waals surface area (Å²) in [6.07, 6.45) is 3.24. The summed E-state index contributed by atoms with van der Waals surface area (Å²) in [4.78, 5) is 32.0. The van der Waals surface area contributed by atoms with Crippen LogP contribution in [0.3, 0.4) is 0 Å². The van der Waals surface area contributed by atoms with Crippen LogP contribution >= 0.6 is 11.6 Å². The van der Waals surface area contributed by atoms with Crippen molar-refractivity contribution >= 4 is 34.7 Å². The molecule has 0 fully saturated rings. The monoisotopic (exact) mass is 449 g/mol. The van der Waals surface area contributed by atoms with Crippen molar-refractivity contribution in [3.05, 3.63) is 88.8 Å². The maximum atomic E-state index is 13.4. The zero-order chi connectivity index (χ0) is 22.7. The summed E-state index contributed by atoms with van der Waals surface area (Å²) in [6, 6.07) is 15.5. The van der Waals surface area contributed by atoms with Gasteiger partial charge in [-0.3, -0.25) is 19.5 Å². The fourth-order valence-corrected chi connectivity index (χ4v) is 3.62. The number of nitrogens with zero attached hydrogens (tertiary/aromatic N) is 2. The minimum atomic E-state index is -0.445. The second kappa shape index (κ2) is 9.11. The molecule has 2 aromatic carbocycles. The molecule has 2 heterocycles. The van der Waals surface area contributed by atoms with Gasteiger partial charge in [0.1, 0.15) is 17.2 Å². The van der Waals surface area contributed by atoms with Gasteiger partial charge in [-0.2, -0.15) is 0 Å². The van der Waals surface area contributed by atoms with Crippen LogP contribution in [0.2, 0.25) is 5.02 Å². The number of rotatable bonds is 7. The van der Waals surface area contributed by atoms with Gasteiger partial charge in [-0.1, -0.05) is 23.7 Å². The van der Waals surface area contributed by atoms with E-state index < -0.39 is 11.8 Å². The zero-order valence-corrected chi connectivity index (χ0v) is 18.2. The van der Waals surface area contributed by atoms with Crippen molar-refractivity contribution in [2.24, 2.45) is 0 Å². The summed E-state index contributed by atoms with van der Waals surface area (Å²) in [5, 5.41) is 3.55. The van der Waals surface area contributed by atoms with Crippen LogP contribution in [0.5, 0.6) is 11.5 Å². The fourth-order valence-electron chi connectivity index (χ4n) is 3.44. The van der Waals surface area contributed by atoms with Crippen molar-refractivity contribution in [1.29, 1.82) is 0 Å². The molecule has 7 nitrogen and oxygen atoms in total. The van der Waals surface area contributed by atoms with E-state index in [-0.39, 0.29) is 17.8 Å². The van der Waals surface area contributed by atoms with Crippen molar-refractivity contribution in [2.75, 3.05) is 19.5 Å². The Morgan fingerprint density at radius 1 is 0.938 bits per heavy atom. The van der Waals surface area contributed by atoms with Gasteiger partial charge in [-0.25, -0.2) is 0 Å². The van der Waals surface area contributed by atoms with Crippen molar-refractivity contribution in [1.82, 2.24) is 9.88 Å². The second-order valence-electron chi connectivity index (χ2n) is 7.00. The third-order valence-corrected chi connectivity index (χ3v) is 5.29. The first-order valence-corrected chi connectivity index (χ1v) is 10.1. The number of hydrogen-bond acceptors (Lipinski definition) is 6. The number of halogens is 1. The van der Waals surface area contributed by atoms with Crippen molar-refractivity contribution < 1.29 is 19.1 Å². The molecule has 0 bridgehead atoms. The Balaban J connectivity index is 1.78. The Hall–Kier alpha value is -3.84. The largest absolute Gasteiger partial charge is 0.497 e. The molecular formula is C24H20ClN3O4. The molecular weight excluding hydrogens is 430 g/mol. The molecule has 32 heavy (non-hydrogen) atoms. The number of benzene rings is 2. The van der Waals surface area contributed by atoms with E-state index in [2.05, 4.69) is 10.3 Å². The predicted molar refractivity (Wildman–Crippen MR) is 121 cm³/mol. The van der Waals surface area contributed by atoms with Crippen LogP contribution in [-0.4, -0.2) is 35.9 Å². The molecule has 0 aliphatic carbocycles. The Morgan fingerprint density at radius 2 is 1.66 bits per heavy atom. The average Bonchev–Trinajstić information content (AvgIpc) is 3.04. The Labute approximate surface area is 190 Å². The first kappa shape index (κ1) is 21.4. The molecule has 0 radical (unpaired) electrons. The standard InChI is InChI=1S/C24H20ClN3O4/c1-31-18-6-3-16(4-7-18)21-22(27-19-13-17(25)5-8-20(19)32-2)24(30)28(23(21)29)14-15-9-11-26-12-10-15/h3-13,27H,14H2,1-2H3. The number of amides is 2. The highest BCUT2D eigenvalue weighted by Gasteiger charge is 2.39. The van der Waals surface area contributed by atoms with Gasteiger partial charge in [-0.15, -0.1) is 0 Å². The molecule has 0 saturated carbocycles. The van der Waals surface area contributed by atoms with E-state index in [1.807, 2.05) is 0 Å². The molecule has 4 rings (SSSR count). The highest BCUT2D eigenvalue weighted by atomic mass is 35.5. The highest BCUT2D eigenvalue weighted by molar-refractivity contribution is 6.36. The molecule has 0 saturated heterocycles. The quantitative estimate of drug-likeness (QED) is 0.546. The predicted octanol–water partition coefficient (Wildman–Crippen LogP) is 4.14. The van der Waals surface area contributed by atoms with Gasteiger partial charge in [0, 0.05) is 17.4 Å². The summed E-state index contributed by atoms with van der Waals surface area (Å²) in [6.45, 7) is 0.123. The van der Waals surface area contributed by atoms with Crippen LogP contribution in [0.4, 0.5) is 5.69 Å². The van der Waals surface area contributed by atoms with Gasteiger partial charge >= 0.3 is 0 Å². The van der Waals surface area contributed by atoms with Crippen molar-refractivity contribution in [2.45, 2.75) is 6.54 Å². The fraction of sp³-hybridized carbons (Fsp3) is 0.125. The molecule has 1 aliphatic rings.